The maximum atomic E-state index is 12.6. The van der Waals surface area contributed by atoms with Gasteiger partial charge in [-0.2, -0.15) is 0 Å². The molecule has 5 heteroatoms. The van der Waals surface area contributed by atoms with E-state index in [0.29, 0.717) is 31.7 Å². The van der Waals surface area contributed by atoms with Crippen molar-refractivity contribution in [1.82, 2.24) is 10.2 Å². The van der Waals surface area contributed by atoms with Gasteiger partial charge in [-0.1, -0.05) is 30.3 Å². The number of likely N-dealkylation sites (tertiary alicyclic amines) is 1. The Morgan fingerprint density at radius 3 is 2.93 bits per heavy atom. The Bertz CT molecular complexity index is 849. The van der Waals surface area contributed by atoms with Crippen molar-refractivity contribution < 1.29 is 14.3 Å². The van der Waals surface area contributed by atoms with E-state index in [0.717, 1.165) is 30.7 Å². The molecule has 4 rings (SSSR count). The van der Waals surface area contributed by atoms with Crippen molar-refractivity contribution in [2.24, 2.45) is 5.92 Å². The maximum Gasteiger partial charge on any atom is 0.251 e. The van der Waals surface area contributed by atoms with Crippen LogP contribution in [0.5, 0.6) is 5.75 Å². The quantitative estimate of drug-likeness (QED) is 0.888. The number of rotatable bonds is 5. The molecule has 0 saturated carbocycles. The molecule has 5 nitrogen and oxygen atoms in total. The first kappa shape index (κ1) is 17.6. The lowest BCUT2D eigenvalue weighted by Crippen LogP contribution is -2.34. The Balaban J connectivity index is 1.33. The molecule has 1 atom stereocenters. The summed E-state index contributed by atoms with van der Waals surface area (Å²) in [5, 5.41) is 3.03. The molecule has 140 valence electrons. The molecule has 2 aromatic carbocycles. The molecular formula is C22H24N2O3. The van der Waals surface area contributed by atoms with Crippen LogP contribution in [0.25, 0.3) is 0 Å². The standard InChI is InChI=1S/C22H24N2O3/c25-21-9-4-10-24(21)14-16-5-3-7-19(11-16)22(26)23-13-17-12-18-6-1-2-8-20(18)27-15-17/h1-3,5-8,11,17H,4,9-10,12-15H2,(H,23,26). The molecule has 1 fully saturated rings. The number of nitrogens with one attached hydrogen (secondary N) is 1. The third-order valence-electron chi connectivity index (χ3n) is 5.24. The summed E-state index contributed by atoms with van der Waals surface area (Å²) in [5.74, 6) is 1.34. The fourth-order valence-corrected chi connectivity index (χ4v) is 3.76. The monoisotopic (exact) mass is 364 g/mol. The highest BCUT2D eigenvalue weighted by atomic mass is 16.5. The van der Waals surface area contributed by atoms with Gasteiger partial charge in [-0.25, -0.2) is 0 Å². The molecule has 0 aromatic heterocycles. The van der Waals surface area contributed by atoms with Crippen molar-refractivity contribution >= 4 is 11.8 Å². The van der Waals surface area contributed by atoms with Crippen molar-refractivity contribution in [2.45, 2.75) is 25.8 Å². The number of nitrogens with zero attached hydrogens (tertiary/aromatic N) is 1. The summed E-state index contributed by atoms with van der Waals surface area (Å²) in [6, 6.07) is 15.6. The van der Waals surface area contributed by atoms with Gasteiger partial charge in [-0.3, -0.25) is 9.59 Å². The van der Waals surface area contributed by atoms with Crippen molar-refractivity contribution in [3.05, 3.63) is 65.2 Å². The van der Waals surface area contributed by atoms with Gasteiger partial charge in [0, 0.05) is 37.5 Å². The molecule has 2 heterocycles. The number of hydrogen-bond donors (Lipinski definition) is 1. The normalized spacial score (nSPS) is 18.7. The van der Waals surface area contributed by atoms with Gasteiger partial charge in [-0.05, 0) is 42.2 Å². The molecule has 1 unspecified atom stereocenters. The Kier molecular flexibility index (Phi) is 5.10. The molecule has 2 aliphatic heterocycles. The number of para-hydroxylation sites is 1. The maximum absolute atomic E-state index is 12.6. The van der Waals surface area contributed by atoms with Crippen LogP contribution in [-0.2, 0) is 17.8 Å². The van der Waals surface area contributed by atoms with Crippen molar-refractivity contribution in [1.29, 1.82) is 0 Å². The van der Waals surface area contributed by atoms with Gasteiger partial charge in [0.15, 0.2) is 0 Å². The summed E-state index contributed by atoms with van der Waals surface area (Å²) >= 11 is 0. The van der Waals surface area contributed by atoms with E-state index in [1.807, 2.05) is 47.4 Å². The molecule has 2 amide bonds. The van der Waals surface area contributed by atoms with E-state index in [2.05, 4.69) is 11.4 Å². The number of fused-ring (bicyclic) bond motifs is 1. The molecule has 0 spiro atoms. The minimum atomic E-state index is -0.0801. The molecule has 2 aromatic rings. The average Bonchev–Trinajstić information content (AvgIpc) is 3.10. The number of carbonyl (C=O) groups is 2. The molecule has 2 aliphatic rings. The molecule has 27 heavy (non-hydrogen) atoms. The van der Waals surface area contributed by atoms with E-state index >= 15 is 0 Å². The zero-order chi connectivity index (χ0) is 18.6. The highest BCUT2D eigenvalue weighted by Crippen LogP contribution is 2.26. The Morgan fingerprint density at radius 1 is 1.19 bits per heavy atom. The Hall–Kier alpha value is -2.82. The smallest absolute Gasteiger partial charge is 0.251 e. The molecule has 0 aliphatic carbocycles. The topological polar surface area (TPSA) is 58.6 Å². The predicted octanol–water partition coefficient (Wildman–Crippen LogP) is 2.79. The second kappa shape index (κ2) is 7.82. The zero-order valence-electron chi connectivity index (χ0n) is 15.3. The summed E-state index contributed by atoms with van der Waals surface area (Å²) in [6.45, 7) is 2.59. The van der Waals surface area contributed by atoms with E-state index in [-0.39, 0.29) is 17.7 Å². The van der Waals surface area contributed by atoms with E-state index < -0.39 is 0 Å². The number of hydrogen-bond acceptors (Lipinski definition) is 3. The lowest BCUT2D eigenvalue weighted by Gasteiger charge is -2.25. The third-order valence-corrected chi connectivity index (χ3v) is 5.24. The van der Waals surface area contributed by atoms with Crippen LogP contribution in [0.1, 0.15) is 34.3 Å². The molecule has 1 saturated heterocycles. The zero-order valence-corrected chi connectivity index (χ0v) is 15.3. The van der Waals surface area contributed by atoms with Crippen LogP contribution in [0.15, 0.2) is 48.5 Å². The van der Waals surface area contributed by atoms with Crippen LogP contribution in [0.2, 0.25) is 0 Å². The minimum absolute atomic E-state index is 0.0801. The Labute approximate surface area is 159 Å². The van der Waals surface area contributed by atoms with Crippen molar-refractivity contribution in [2.75, 3.05) is 19.7 Å². The summed E-state index contributed by atoms with van der Waals surface area (Å²) in [5.41, 5.74) is 2.82. The van der Waals surface area contributed by atoms with E-state index in [1.54, 1.807) is 0 Å². The first-order valence-corrected chi connectivity index (χ1v) is 9.54. The van der Waals surface area contributed by atoms with Crippen molar-refractivity contribution in [3.8, 4) is 5.75 Å². The van der Waals surface area contributed by atoms with E-state index in [9.17, 15) is 9.59 Å². The molecule has 0 radical (unpaired) electrons. The molecular weight excluding hydrogens is 340 g/mol. The second-order valence-corrected chi connectivity index (χ2v) is 7.32. The van der Waals surface area contributed by atoms with Gasteiger partial charge in [0.05, 0.1) is 6.61 Å². The van der Waals surface area contributed by atoms with Crippen LogP contribution in [0.3, 0.4) is 0 Å². The number of carbonyl (C=O) groups excluding carboxylic acids is 2. The lowest BCUT2D eigenvalue weighted by molar-refractivity contribution is -0.128. The van der Waals surface area contributed by atoms with E-state index in [1.165, 1.54) is 5.56 Å². The van der Waals surface area contributed by atoms with E-state index in [4.69, 9.17) is 4.74 Å². The van der Waals surface area contributed by atoms with Gasteiger partial charge in [-0.15, -0.1) is 0 Å². The Morgan fingerprint density at radius 2 is 2.07 bits per heavy atom. The summed E-state index contributed by atoms with van der Waals surface area (Å²) in [6.07, 6.45) is 2.46. The van der Waals surface area contributed by atoms with Gasteiger partial charge in [0.25, 0.3) is 5.91 Å². The minimum Gasteiger partial charge on any atom is -0.493 e. The fourth-order valence-electron chi connectivity index (χ4n) is 3.76. The van der Waals surface area contributed by atoms with Gasteiger partial charge >= 0.3 is 0 Å². The van der Waals surface area contributed by atoms with Gasteiger partial charge in [0.2, 0.25) is 5.91 Å². The summed E-state index contributed by atoms with van der Waals surface area (Å²) < 4.78 is 5.79. The van der Waals surface area contributed by atoms with Crippen molar-refractivity contribution in [3.63, 3.8) is 0 Å². The second-order valence-electron chi connectivity index (χ2n) is 7.32. The van der Waals surface area contributed by atoms with Crippen LogP contribution < -0.4 is 10.1 Å². The summed E-state index contributed by atoms with van der Waals surface area (Å²) in [7, 11) is 0. The first-order valence-electron chi connectivity index (χ1n) is 9.54. The summed E-state index contributed by atoms with van der Waals surface area (Å²) in [4.78, 5) is 26.2. The van der Waals surface area contributed by atoms with Gasteiger partial charge in [0.1, 0.15) is 5.75 Å². The van der Waals surface area contributed by atoms with Crippen LogP contribution in [-0.4, -0.2) is 36.4 Å². The number of amides is 2. The average molecular weight is 364 g/mol. The van der Waals surface area contributed by atoms with Crippen LogP contribution in [0.4, 0.5) is 0 Å². The molecule has 0 bridgehead atoms. The predicted molar refractivity (Wildman–Crippen MR) is 103 cm³/mol. The highest BCUT2D eigenvalue weighted by molar-refractivity contribution is 5.94. The SMILES string of the molecule is O=C(NCC1COc2ccccc2C1)c1cccc(CN2CCCC2=O)c1. The largest absolute Gasteiger partial charge is 0.493 e. The lowest BCUT2D eigenvalue weighted by atomic mass is 9.96. The molecule has 1 N–H and O–H groups in total. The fraction of sp³-hybridized carbons (Fsp3) is 0.364. The van der Waals surface area contributed by atoms with Crippen LogP contribution >= 0.6 is 0 Å². The number of ether oxygens (including phenoxy) is 1. The third kappa shape index (κ3) is 4.13. The van der Waals surface area contributed by atoms with Gasteiger partial charge < -0.3 is 15.0 Å². The first-order chi connectivity index (χ1) is 13.2. The van der Waals surface area contributed by atoms with Crippen LogP contribution in [0, 0.1) is 5.92 Å². The number of benzene rings is 2. The highest BCUT2D eigenvalue weighted by Gasteiger charge is 2.22.